The predicted molar refractivity (Wildman–Crippen MR) is 64.9 cm³/mol. The molecule has 1 aromatic rings. The third kappa shape index (κ3) is 2.22. The van der Waals surface area contributed by atoms with Crippen LogP contribution in [0.3, 0.4) is 0 Å². The molecule has 0 radical (unpaired) electrons. The minimum absolute atomic E-state index is 0.241. The van der Waals surface area contributed by atoms with Crippen LogP contribution >= 0.6 is 0 Å². The van der Waals surface area contributed by atoms with Crippen molar-refractivity contribution in [2.45, 2.75) is 18.9 Å². The SMILES string of the molecule is COc1ccc(N2CCC[C@H](O)C2)c(N)c1. The lowest BCUT2D eigenvalue weighted by atomic mass is 10.1. The maximum atomic E-state index is 9.63. The van der Waals surface area contributed by atoms with Crippen molar-refractivity contribution in [3.8, 4) is 5.75 Å². The average Bonchev–Trinajstić information content (AvgIpc) is 2.28. The predicted octanol–water partition coefficient (Wildman–Crippen LogP) is 1.24. The Hall–Kier alpha value is -1.42. The van der Waals surface area contributed by atoms with E-state index >= 15 is 0 Å². The molecule has 0 amide bonds. The molecule has 1 heterocycles. The van der Waals surface area contributed by atoms with Gasteiger partial charge in [-0.25, -0.2) is 0 Å². The molecule has 0 unspecified atom stereocenters. The molecule has 1 saturated heterocycles. The zero-order chi connectivity index (χ0) is 11.5. The molecular formula is C12H18N2O2. The van der Waals surface area contributed by atoms with E-state index in [2.05, 4.69) is 4.90 Å². The van der Waals surface area contributed by atoms with Gasteiger partial charge < -0.3 is 20.5 Å². The van der Waals surface area contributed by atoms with Gasteiger partial charge in [-0.05, 0) is 25.0 Å². The van der Waals surface area contributed by atoms with Crippen LogP contribution < -0.4 is 15.4 Å². The summed E-state index contributed by atoms with van der Waals surface area (Å²) in [6.45, 7) is 1.62. The summed E-state index contributed by atoms with van der Waals surface area (Å²) in [6.07, 6.45) is 1.65. The number of aliphatic hydroxyl groups is 1. The average molecular weight is 222 g/mol. The lowest BCUT2D eigenvalue weighted by Gasteiger charge is -2.32. The van der Waals surface area contributed by atoms with E-state index in [1.54, 1.807) is 7.11 Å². The monoisotopic (exact) mass is 222 g/mol. The van der Waals surface area contributed by atoms with Gasteiger partial charge in [0.15, 0.2) is 0 Å². The summed E-state index contributed by atoms with van der Waals surface area (Å²) >= 11 is 0. The Balaban J connectivity index is 2.19. The number of anilines is 2. The molecule has 88 valence electrons. The van der Waals surface area contributed by atoms with Crippen molar-refractivity contribution in [2.75, 3.05) is 30.8 Å². The second-order valence-electron chi connectivity index (χ2n) is 4.17. The van der Waals surface area contributed by atoms with Gasteiger partial charge in [-0.15, -0.1) is 0 Å². The molecule has 0 saturated carbocycles. The van der Waals surface area contributed by atoms with Gasteiger partial charge in [0.1, 0.15) is 5.75 Å². The van der Waals surface area contributed by atoms with Crippen LogP contribution in [0.15, 0.2) is 18.2 Å². The maximum Gasteiger partial charge on any atom is 0.121 e. The highest BCUT2D eigenvalue weighted by Gasteiger charge is 2.19. The van der Waals surface area contributed by atoms with Gasteiger partial charge in [0.05, 0.1) is 24.6 Å². The summed E-state index contributed by atoms with van der Waals surface area (Å²) in [5.74, 6) is 0.763. The van der Waals surface area contributed by atoms with Crippen LogP contribution in [0.1, 0.15) is 12.8 Å². The number of hydrogen-bond acceptors (Lipinski definition) is 4. The van der Waals surface area contributed by atoms with Gasteiger partial charge >= 0.3 is 0 Å². The Morgan fingerprint density at radius 1 is 1.50 bits per heavy atom. The molecule has 1 aliphatic rings. The summed E-state index contributed by atoms with van der Waals surface area (Å²) in [5.41, 5.74) is 7.66. The summed E-state index contributed by atoms with van der Waals surface area (Å²) in [6, 6.07) is 5.66. The third-order valence-corrected chi connectivity index (χ3v) is 2.97. The van der Waals surface area contributed by atoms with Gasteiger partial charge in [-0.3, -0.25) is 0 Å². The van der Waals surface area contributed by atoms with Gasteiger partial charge in [-0.2, -0.15) is 0 Å². The van der Waals surface area contributed by atoms with E-state index in [0.29, 0.717) is 12.2 Å². The molecule has 1 aromatic carbocycles. The molecule has 3 N–H and O–H groups in total. The molecule has 4 heteroatoms. The van der Waals surface area contributed by atoms with E-state index in [1.807, 2.05) is 18.2 Å². The number of nitrogens with two attached hydrogens (primary N) is 1. The van der Waals surface area contributed by atoms with E-state index < -0.39 is 0 Å². The molecule has 1 fully saturated rings. The molecule has 1 atom stereocenters. The molecule has 16 heavy (non-hydrogen) atoms. The Bertz CT molecular complexity index is 368. The van der Waals surface area contributed by atoms with E-state index in [4.69, 9.17) is 10.5 Å². The highest BCUT2D eigenvalue weighted by molar-refractivity contribution is 5.69. The van der Waals surface area contributed by atoms with E-state index in [9.17, 15) is 5.11 Å². The Kier molecular flexibility index (Phi) is 3.19. The van der Waals surface area contributed by atoms with Crippen molar-refractivity contribution in [1.29, 1.82) is 0 Å². The standard InChI is InChI=1S/C12H18N2O2/c1-16-10-4-5-12(11(13)7-10)14-6-2-3-9(15)8-14/h4-5,7,9,15H,2-3,6,8,13H2,1H3/t9-/m0/s1. The highest BCUT2D eigenvalue weighted by atomic mass is 16.5. The summed E-state index contributed by atoms with van der Waals surface area (Å²) in [7, 11) is 1.62. The number of hydrogen-bond donors (Lipinski definition) is 2. The zero-order valence-corrected chi connectivity index (χ0v) is 9.52. The molecule has 0 aromatic heterocycles. The van der Waals surface area contributed by atoms with Crippen molar-refractivity contribution in [1.82, 2.24) is 0 Å². The second kappa shape index (κ2) is 4.61. The van der Waals surface area contributed by atoms with Gasteiger partial charge in [0, 0.05) is 19.2 Å². The van der Waals surface area contributed by atoms with Crippen LogP contribution in [-0.2, 0) is 0 Å². The lowest BCUT2D eigenvalue weighted by molar-refractivity contribution is 0.154. The van der Waals surface area contributed by atoms with Gasteiger partial charge in [-0.1, -0.05) is 0 Å². The Morgan fingerprint density at radius 3 is 2.94 bits per heavy atom. The first-order valence-corrected chi connectivity index (χ1v) is 5.57. The summed E-state index contributed by atoms with van der Waals surface area (Å²) in [4.78, 5) is 2.13. The van der Waals surface area contributed by atoms with E-state index in [1.165, 1.54) is 0 Å². The second-order valence-corrected chi connectivity index (χ2v) is 4.17. The Labute approximate surface area is 95.6 Å². The highest BCUT2D eigenvalue weighted by Crippen LogP contribution is 2.29. The van der Waals surface area contributed by atoms with E-state index in [0.717, 1.165) is 30.8 Å². The first-order valence-electron chi connectivity index (χ1n) is 5.57. The third-order valence-electron chi connectivity index (χ3n) is 2.97. The first-order chi connectivity index (χ1) is 7.70. The van der Waals surface area contributed by atoms with Crippen LogP contribution in [0, 0.1) is 0 Å². The minimum Gasteiger partial charge on any atom is -0.497 e. The zero-order valence-electron chi connectivity index (χ0n) is 9.52. The number of nitrogen functional groups attached to an aromatic ring is 1. The van der Waals surface area contributed by atoms with Crippen LogP contribution in [0.4, 0.5) is 11.4 Å². The molecule has 0 bridgehead atoms. The molecule has 0 spiro atoms. The fourth-order valence-corrected chi connectivity index (χ4v) is 2.12. The smallest absolute Gasteiger partial charge is 0.121 e. The number of ether oxygens (including phenoxy) is 1. The Morgan fingerprint density at radius 2 is 2.31 bits per heavy atom. The topological polar surface area (TPSA) is 58.7 Å². The molecule has 4 nitrogen and oxygen atoms in total. The molecule has 0 aliphatic carbocycles. The van der Waals surface area contributed by atoms with Crippen LogP contribution in [0.25, 0.3) is 0 Å². The number of rotatable bonds is 2. The number of β-amino-alcohol motifs (C(OH)–C–C–N with tert-alkyl or cyclic N) is 1. The number of aliphatic hydroxyl groups excluding tert-OH is 1. The molecule has 1 aliphatic heterocycles. The molecule has 2 rings (SSSR count). The maximum absolute atomic E-state index is 9.63. The summed E-state index contributed by atoms with van der Waals surface area (Å²) < 4.78 is 5.11. The van der Waals surface area contributed by atoms with E-state index in [-0.39, 0.29) is 6.10 Å². The number of methoxy groups -OCH3 is 1. The van der Waals surface area contributed by atoms with Crippen LogP contribution in [0.2, 0.25) is 0 Å². The summed E-state index contributed by atoms with van der Waals surface area (Å²) in [5, 5.41) is 9.63. The van der Waals surface area contributed by atoms with Crippen molar-refractivity contribution in [3.05, 3.63) is 18.2 Å². The fraction of sp³-hybridized carbons (Fsp3) is 0.500. The van der Waals surface area contributed by atoms with Crippen molar-refractivity contribution >= 4 is 11.4 Å². The minimum atomic E-state index is -0.241. The quantitative estimate of drug-likeness (QED) is 0.739. The number of piperidine rings is 1. The largest absolute Gasteiger partial charge is 0.497 e. The first kappa shape index (κ1) is 11.1. The van der Waals surface area contributed by atoms with Crippen LogP contribution in [-0.4, -0.2) is 31.4 Å². The molecular weight excluding hydrogens is 204 g/mol. The van der Waals surface area contributed by atoms with Crippen LogP contribution in [0.5, 0.6) is 5.75 Å². The fourth-order valence-electron chi connectivity index (χ4n) is 2.12. The normalized spacial score (nSPS) is 20.9. The van der Waals surface area contributed by atoms with Crippen molar-refractivity contribution in [2.24, 2.45) is 0 Å². The lowest BCUT2D eigenvalue weighted by Crippen LogP contribution is -2.38. The van der Waals surface area contributed by atoms with Gasteiger partial charge in [0.25, 0.3) is 0 Å². The number of benzene rings is 1. The van der Waals surface area contributed by atoms with Gasteiger partial charge in [0.2, 0.25) is 0 Å². The van der Waals surface area contributed by atoms with Crippen molar-refractivity contribution in [3.63, 3.8) is 0 Å². The van der Waals surface area contributed by atoms with Crippen molar-refractivity contribution < 1.29 is 9.84 Å². The number of nitrogens with zero attached hydrogens (tertiary/aromatic N) is 1.